The van der Waals surface area contributed by atoms with Crippen molar-refractivity contribution in [1.29, 1.82) is 0 Å². The molecule has 2 aromatic rings. The van der Waals surface area contributed by atoms with Gasteiger partial charge in [0, 0.05) is 6.81 Å². The first-order valence-electron chi connectivity index (χ1n) is 4.62. The third-order valence-corrected chi connectivity index (χ3v) is 2.49. The number of aromatic nitrogens is 2. The van der Waals surface area contributed by atoms with Gasteiger partial charge in [-0.1, -0.05) is 26.0 Å². The van der Waals surface area contributed by atoms with Crippen LogP contribution in [-0.4, -0.2) is 10.2 Å². The SMILES string of the molecule is Cc1ccc(C(C)C)c2[nH]ncc12.[HH]. The van der Waals surface area contributed by atoms with E-state index in [4.69, 9.17) is 0 Å². The molecular formula is C11H16N2. The number of aromatic amines is 1. The highest BCUT2D eigenvalue weighted by Crippen LogP contribution is 2.25. The summed E-state index contributed by atoms with van der Waals surface area (Å²) in [6.45, 7) is 6.51. The van der Waals surface area contributed by atoms with Gasteiger partial charge in [-0.15, -0.1) is 0 Å². The summed E-state index contributed by atoms with van der Waals surface area (Å²) in [5, 5.41) is 8.38. The molecule has 0 aliphatic rings. The van der Waals surface area contributed by atoms with E-state index in [0.717, 1.165) is 0 Å². The van der Waals surface area contributed by atoms with Crippen LogP contribution in [0.2, 0.25) is 0 Å². The number of benzene rings is 1. The Morgan fingerprint density at radius 1 is 1.38 bits per heavy atom. The van der Waals surface area contributed by atoms with Crippen molar-refractivity contribution in [2.24, 2.45) is 0 Å². The van der Waals surface area contributed by atoms with E-state index >= 15 is 0 Å². The van der Waals surface area contributed by atoms with Gasteiger partial charge < -0.3 is 0 Å². The van der Waals surface area contributed by atoms with Crippen molar-refractivity contribution in [1.82, 2.24) is 10.2 Å². The van der Waals surface area contributed by atoms with Crippen LogP contribution < -0.4 is 0 Å². The maximum atomic E-state index is 4.08. The fourth-order valence-electron chi connectivity index (χ4n) is 1.67. The summed E-state index contributed by atoms with van der Waals surface area (Å²) in [5.74, 6) is 0.545. The van der Waals surface area contributed by atoms with Crippen molar-refractivity contribution in [3.63, 3.8) is 0 Å². The van der Waals surface area contributed by atoms with Gasteiger partial charge in [0.1, 0.15) is 0 Å². The molecule has 2 rings (SSSR count). The Labute approximate surface area is 79.5 Å². The molecule has 0 aliphatic heterocycles. The lowest BCUT2D eigenvalue weighted by Crippen LogP contribution is -1.90. The predicted molar refractivity (Wildman–Crippen MR) is 57.0 cm³/mol. The molecule has 0 atom stereocenters. The van der Waals surface area contributed by atoms with E-state index in [1.54, 1.807) is 0 Å². The normalized spacial score (nSPS) is 11.4. The zero-order valence-electron chi connectivity index (χ0n) is 8.26. The smallest absolute Gasteiger partial charge is 0.0687 e. The molecule has 70 valence electrons. The molecule has 0 saturated heterocycles. The van der Waals surface area contributed by atoms with Crippen molar-refractivity contribution in [3.8, 4) is 0 Å². The van der Waals surface area contributed by atoms with Crippen molar-refractivity contribution in [2.45, 2.75) is 26.7 Å². The van der Waals surface area contributed by atoms with E-state index in [1.165, 1.54) is 22.0 Å². The largest absolute Gasteiger partial charge is 0.278 e. The molecule has 0 spiro atoms. The second kappa shape index (κ2) is 2.87. The maximum absolute atomic E-state index is 4.08. The highest BCUT2D eigenvalue weighted by Gasteiger charge is 2.07. The number of fused-ring (bicyclic) bond motifs is 1. The Hall–Kier alpha value is -1.31. The first-order valence-corrected chi connectivity index (χ1v) is 4.62. The van der Waals surface area contributed by atoms with Crippen LogP contribution in [0.25, 0.3) is 10.9 Å². The summed E-state index contributed by atoms with van der Waals surface area (Å²) < 4.78 is 0. The Kier molecular flexibility index (Phi) is 1.83. The number of hydrogen-bond donors (Lipinski definition) is 1. The zero-order chi connectivity index (χ0) is 9.42. The van der Waals surface area contributed by atoms with Gasteiger partial charge in [-0.25, -0.2) is 0 Å². The summed E-state index contributed by atoms with van der Waals surface area (Å²) in [5.41, 5.74) is 3.82. The molecule has 0 radical (unpaired) electrons. The number of nitrogens with zero attached hydrogens (tertiary/aromatic N) is 1. The molecule has 0 bridgehead atoms. The molecule has 0 aliphatic carbocycles. The van der Waals surface area contributed by atoms with Gasteiger partial charge in [-0.05, 0) is 24.0 Å². The minimum atomic E-state index is 0. The molecular weight excluding hydrogens is 160 g/mol. The summed E-state index contributed by atoms with van der Waals surface area (Å²) in [6.07, 6.45) is 1.90. The topological polar surface area (TPSA) is 28.7 Å². The van der Waals surface area contributed by atoms with Crippen LogP contribution in [-0.2, 0) is 0 Å². The quantitative estimate of drug-likeness (QED) is 0.710. The highest BCUT2D eigenvalue weighted by molar-refractivity contribution is 5.84. The average Bonchev–Trinajstić information content (AvgIpc) is 2.53. The van der Waals surface area contributed by atoms with Crippen molar-refractivity contribution in [2.75, 3.05) is 0 Å². The van der Waals surface area contributed by atoms with Gasteiger partial charge in [0.05, 0.1) is 11.7 Å². The molecule has 0 amide bonds. The summed E-state index contributed by atoms with van der Waals surface area (Å²) >= 11 is 0. The minimum Gasteiger partial charge on any atom is -0.278 e. The Bertz CT molecular complexity index is 432. The lowest BCUT2D eigenvalue weighted by atomic mass is 9.98. The molecule has 2 heteroatoms. The molecule has 0 fully saturated rings. The van der Waals surface area contributed by atoms with Crippen LogP contribution in [0.5, 0.6) is 0 Å². The summed E-state index contributed by atoms with van der Waals surface area (Å²) in [4.78, 5) is 0. The second-order valence-corrected chi connectivity index (χ2v) is 3.79. The van der Waals surface area contributed by atoms with Gasteiger partial charge in [0.25, 0.3) is 0 Å². The number of hydrogen-bond acceptors (Lipinski definition) is 1. The van der Waals surface area contributed by atoms with Gasteiger partial charge in [-0.3, -0.25) is 5.10 Å². The molecule has 0 saturated carbocycles. The monoisotopic (exact) mass is 176 g/mol. The van der Waals surface area contributed by atoms with Gasteiger partial charge >= 0.3 is 0 Å². The third kappa shape index (κ3) is 1.22. The Balaban J connectivity index is 0.000000980. The lowest BCUT2D eigenvalue weighted by molar-refractivity contribution is 0.870. The van der Waals surface area contributed by atoms with Gasteiger partial charge in [-0.2, -0.15) is 5.10 Å². The van der Waals surface area contributed by atoms with Crippen LogP contribution in [0.3, 0.4) is 0 Å². The Morgan fingerprint density at radius 2 is 2.15 bits per heavy atom. The maximum Gasteiger partial charge on any atom is 0.0687 e. The van der Waals surface area contributed by atoms with Gasteiger partial charge in [0.15, 0.2) is 0 Å². The van der Waals surface area contributed by atoms with Crippen LogP contribution in [0.4, 0.5) is 0 Å². The number of aryl methyl sites for hydroxylation is 1. The summed E-state index contributed by atoms with van der Waals surface area (Å²) in [6, 6.07) is 4.34. The molecule has 2 nitrogen and oxygen atoms in total. The molecule has 13 heavy (non-hydrogen) atoms. The number of H-pyrrole nitrogens is 1. The Morgan fingerprint density at radius 3 is 2.85 bits per heavy atom. The molecule has 1 heterocycles. The molecule has 1 aromatic heterocycles. The van der Waals surface area contributed by atoms with Crippen LogP contribution in [0.15, 0.2) is 18.3 Å². The van der Waals surface area contributed by atoms with Crippen LogP contribution >= 0.6 is 0 Å². The molecule has 1 aromatic carbocycles. The molecule has 1 N–H and O–H groups in total. The second-order valence-electron chi connectivity index (χ2n) is 3.79. The van der Waals surface area contributed by atoms with E-state index < -0.39 is 0 Å². The number of rotatable bonds is 1. The fraction of sp³-hybridized carbons (Fsp3) is 0.364. The summed E-state index contributed by atoms with van der Waals surface area (Å²) in [7, 11) is 0. The number of nitrogens with one attached hydrogen (secondary N) is 1. The van der Waals surface area contributed by atoms with E-state index in [-0.39, 0.29) is 1.43 Å². The van der Waals surface area contributed by atoms with E-state index in [2.05, 4.69) is 43.1 Å². The lowest BCUT2D eigenvalue weighted by Gasteiger charge is -2.07. The molecule has 0 unspecified atom stereocenters. The van der Waals surface area contributed by atoms with Crippen molar-refractivity contribution in [3.05, 3.63) is 29.5 Å². The first-order chi connectivity index (χ1) is 6.20. The van der Waals surface area contributed by atoms with E-state index in [1.807, 2.05) is 6.20 Å². The zero-order valence-corrected chi connectivity index (χ0v) is 8.26. The van der Waals surface area contributed by atoms with Crippen molar-refractivity contribution >= 4 is 10.9 Å². The minimum absolute atomic E-state index is 0. The standard InChI is InChI=1S/C11H14N2.H2/c1-7(2)9-5-4-8(3)10-6-12-13-11(9)10;/h4-7H,1-3H3,(H,12,13);1H. The first kappa shape index (κ1) is 8.30. The highest BCUT2D eigenvalue weighted by atomic mass is 15.1. The van der Waals surface area contributed by atoms with Crippen molar-refractivity contribution < 1.29 is 1.43 Å². The van der Waals surface area contributed by atoms with Crippen LogP contribution in [0.1, 0.15) is 32.3 Å². The van der Waals surface area contributed by atoms with Crippen LogP contribution in [0, 0.1) is 6.92 Å². The van der Waals surface area contributed by atoms with Gasteiger partial charge in [0.2, 0.25) is 0 Å². The van der Waals surface area contributed by atoms with E-state index in [9.17, 15) is 0 Å². The predicted octanol–water partition coefficient (Wildman–Crippen LogP) is 3.24. The fourth-order valence-corrected chi connectivity index (χ4v) is 1.67. The third-order valence-electron chi connectivity index (χ3n) is 2.49. The average molecular weight is 176 g/mol. The van der Waals surface area contributed by atoms with E-state index in [0.29, 0.717) is 5.92 Å².